The molecule has 26 heavy (non-hydrogen) atoms. The van der Waals surface area contributed by atoms with Crippen LogP contribution in [0.25, 0.3) is 5.65 Å². The molecule has 0 bridgehead atoms. The third-order valence-electron chi connectivity index (χ3n) is 4.84. The first-order chi connectivity index (χ1) is 12.2. The zero-order valence-corrected chi connectivity index (χ0v) is 15.0. The molecular weight excluding hydrogens is 347 g/mol. The average molecular weight is 369 g/mol. The molecule has 1 amide bonds. The van der Waals surface area contributed by atoms with Gasteiger partial charge < -0.3 is 9.80 Å². The molecule has 1 aliphatic rings. The number of carbonyl (C=O) groups excluding carboxylic acids is 1. The van der Waals surface area contributed by atoms with Crippen molar-refractivity contribution in [2.75, 3.05) is 27.2 Å². The first kappa shape index (κ1) is 18.6. The molecule has 142 valence electrons. The summed E-state index contributed by atoms with van der Waals surface area (Å²) < 4.78 is 40.4. The van der Waals surface area contributed by atoms with Crippen molar-refractivity contribution in [3.63, 3.8) is 0 Å². The number of hydrogen-bond acceptors (Lipinski definition) is 4. The Balaban J connectivity index is 1.93. The van der Waals surface area contributed by atoms with Crippen LogP contribution in [0.15, 0.2) is 12.3 Å². The van der Waals surface area contributed by atoms with Gasteiger partial charge in [-0.25, -0.2) is 9.50 Å². The van der Waals surface area contributed by atoms with E-state index in [9.17, 15) is 18.0 Å². The Morgan fingerprint density at radius 2 is 2.00 bits per heavy atom. The highest BCUT2D eigenvalue weighted by Gasteiger charge is 2.36. The van der Waals surface area contributed by atoms with E-state index >= 15 is 0 Å². The second kappa shape index (κ2) is 6.86. The predicted molar refractivity (Wildman–Crippen MR) is 90.0 cm³/mol. The molecule has 0 aliphatic carbocycles. The maximum Gasteiger partial charge on any atom is 0.433 e. The lowest BCUT2D eigenvalue weighted by molar-refractivity contribution is -0.142. The molecule has 0 spiro atoms. The Morgan fingerprint density at radius 3 is 2.65 bits per heavy atom. The average Bonchev–Trinajstić information content (AvgIpc) is 2.80. The van der Waals surface area contributed by atoms with Crippen molar-refractivity contribution in [1.82, 2.24) is 24.4 Å². The van der Waals surface area contributed by atoms with Crippen molar-refractivity contribution in [3.8, 4) is 0 Å². The number of fused-ring (bicyclic) bond motifs is 1. The quantitative estimate of drug-likeness (QED) is 0.817. The van der Waals surface area contributed by atoms with Crippen LogP contribution in [-0.2, 0) is 6.18 Å². The fraction of sp³-hybridized carbons (Fsp3) is 0.588. The minimum atomic E-state index is -4.57. The number of amides is 1. The third kappa shape index (κ3) is 3.53. The Labute approximate surface area is 149 Å². The van der Waals surface area contributed by atoms with Crippen molar-refractivity contribution >= 4 is 11.6 Å². The van der Waals surface area contributed by atoms with Gasteiger partial charge in [0.25, 0.3) is 5.91 Å². The number of hydrogen-bond donors (Lipinski definition) is 0. The molecule has 1 fully saturated rings. The summed E-state index contributed by atoms with van der Waals surface area (Å²) in [6.07, 6.45) is -0.707. The van der Waals surface area contributed by atoms with Crippen LogP contribution in [0.4, 0.5) is 13.2 Å². The van der Waals surface area contributed by atoms with E-state index in [1.165, 1.54) is 13.1 Å². The molecule has 0 radical (unpaired) electrons. The van der Waals surface area contributed by atoms with Crippen LogP contribution in [0.5, 0.6) is 0 Å². The molecular formula is C17H22F3N5O. The topological polar surface area (TPSA) is 53.7 Å². The lowest BCUT2D eigenvalue weighted by Gasteiger charge is -2.23. The van der Waals surface area contributed by atoms with E-state index in [1.807, 2.05) is 14.1 Å². The van der Waals surface area contributed by atoms with Gasteiger partial charge >= 0.3 is 6.18 Å². The predicted octanol–water partition coefficient (Wildman–Crippen LogP) is 2.61. The molecule has 1 atom stereocenters. The summed E-state index contributed by atoms with van der Waals surface area (Å²) in [5, 5.41) is 3.79. The van der Waals surface area contributed by atoms with Crippen molar-refractivity contribution in [3.05, 3.63) is 29.2 Å². The van der Waals surface area contributed by atoms with Crippen LogP contribution in [0, 0.1) is 6.92 Å². The highest BCUT2D eigenvalue weighted by Crippen LogP contribution is 2.30. The van der Waals surface area contributed by atoms with E-state index in [2.05, 4.69) is 15.0 Å². The molecule has 3 heterocycles. The fourth-order valence-electron chi connectivity index (χ4n) is 3.41. The summed E-state index contributed by atoms with van der Waals surface area (Å²) in [5.74, 6) is -0.314. The van der Waals surface area contributed by atoms with Gasteiger partial charge in [0.05, 0.1) is 6.20 Å². The summed E-state index contributed by atoms with van der Waals surface area (Å²) in [7, 11) is 4.03. The van der Waals surface area contributed by atoms with E-state index in [-0.39, 0.29) is 22.8 Å². The Morgan fingerprint density at radius 1 is 1.27 bits per heavy atom. The van der Waals surface area contributed by atoms with Crippen LogP contribution in [0.2, 0.25) is 0 Å². The SMILES string of the molecule is Cc1cc(C(F)(F)F)n2ncc(C(=O)N3CCC[C@@H](N(C)C)CC3)c2n1. The molecule has 3 rings (SSSR count). The van der Waals surface area contributed by atoms with Crippen molar-refractivity contribution in [1.29, 1.82) is 0 Å². The zero-order chi connectivity index (χ0) is 19.1. The fourth-order valence-corrected chi connectivity index (χ4v) is 3.41. The van der Waals surface area contributed by atoms with Crippen molar-refractivity contribution in [2.24, 2.45) is 0 Å². The number of rotatable bonds is 2. The minimum absolute atomic E-state index is 0.0456. The molecule has 1 saturated heterocycles. The van der Waals surface area contributed by atoms with Gasteiger partial charge in [-0.1, -0.05) is 0 Å². The number of alkyl halides is 3. The van der Waals surface area contributed by atoms with Gasteiger partial charge in [-0.2, -0.15) is 18.3 Å². The van der Waals surface area contributed by atoms with Gasteiger partial charge in [-0.3, -0.25) is 4.79 Å². The van der Waals surface area contributed by atoms with Crippen LogP contribution in [0.3, 0.4) is 0 Å². The van der Waals surface area contributed by atoms with E-state index in [0.29, 0.717) is 23.6 Å². The summed E-state index contributed by atoms with van der Waals surface area (Å²) in [6, 6.07) is 1.33. The van der Waals surface area contributed by atoms with Crippen molar-refractivity contribution in [2.45, 2.75) is 38.4 Å². The van der Waals surface area contributed by atoms with Crippen LogP contribution in [0.1, 0.15) is 41.0 Å². The van der Waals surface area contributed by atoms with Gasteiger partial charge in [0.2, 0.25) is 0 Å². The normalized spacial score (nSPS) is 19.2. The maximum atomic E-state index is 13.2. The Hall–Kier alpha value is -2.16. The van der Waals surface area contributed by atoms with Crippen LogP contribution >= 0.6 is 0 Å². The van der Waals surface area contributed by atoms with E-state index in [0.717, 1.165) is 25.3 Å². The Kier molecular flexibility index (Phi) is 4.92. The van der Waals surface area contributed by atoms with E-state index in [4.69, 9.17) is 0 Å². The van der Waals surface area contributed by atoms with Gasteiger partial charge in [0.1, 0.15) is 11.3 Å². The molecule has 2 aromatic heterocycles. The monoisotopic (exact) mass is 369 g/mol. The number of aromatic nitrogens is 3. The van der Waals surface area contributed by atoms with Crippen molar-refractivity contribution < 1.29 is 18.0 Å². The van der Waals surface area contributed by atoms with Crippen LogP contribution in [-0.4, -0.2) is 63.5 Å². The van der Waals surface area contributed by atoms with Gasteiger partial charge in [-0.05, 0) is 46.3 Å². The largest absolute Gasteiger partial charge is 0.433 e. The minimum Gasteiger partial charge on any atom is -0.338 e. The first-order valence-corrected chi connectivity index (χ1v) is 8.56. The smallest absolute Gasteiger partial charge is 0.338 e. The standard InChI is InChI=1S/C17H22F3N5O/c1-11-9-14(17(18,19)20)25-15(22-11)13(10-21-25)16(26)24-7-4-5-12(6-8-24)23(2)3/h9-10,12H,4-8H2,1-3H3/t12-/m1/s1. The number of halogens is 3. The summed E-state index contributed by atoms with van der Waals surface area (Å²) in [5.41, 5.74) is -0.663. The molecule has 6 nitrogen and oxygen atoms in total. The summed E-state index contributed by atoms with van der Waals surface area (Å²) in [6.45, 7) is 2.62. The number of likely N-dealkylation sites (tertiary alicyclic amines) is 1. The molecule has 9 heteroatoms. The number of aryl methyl sites for hydroxylation is 1. The second-order valence-electron chi connectivity index (χ2n) is 6.91. The maximum absolute atomic E-state index is 13.2. The second-order valence-corrected chi connectivity index (χ2v) is 6.91. The van der Waals surface area contributed by atoms with E-state index < -0.39 is 11.9 Å². The highest BCUT2D eigenvalue weighted by molar-refractivity contribution is 5.99. The first-order valence-electron chi connectivity index (χ1n) is 8.56. The molecule has 1 aliphatic heterocycles. The molecule has 0 N–H and O–H groups in total. The highest BCUT2D eigenvalue weighted by atomic mass is 19.4. The molecule has 0 aromatic carbocycles. The molecule has 0 saturated carbocycles. The summed E-state index contributed by atoms with van der Waals surface area (Å²) in [4.78, 5) is 20.9. The number of carbonyl (C=O) groups is 1. The van der Waals surface area contributed by atoms with E-state index in [1.54, 1.807) is 4.90 Å². The van der Waals surface area contributed by atoms with Crippen LogP contribution < -0.4 is 0 Å². The lowest BCUT2D eigenvalue weighted by atomic mass is 10.1. The summed E-state index contributed by atoms with van der Waals surface area (Å²) >= 11 is 0. The zero-order valence-electron chi connectivity index (χ0n) is 15.0. The van der Waals surface area contributed by atoms with Gasteiger partial charge in [0, 0.05) is 24.8 Å². The van der Waals surface area contributed by atoms with Gasteiger partial charge in [0.15, 0.2) is 5.65 Å². The molecule has 0 unspecified atom stereocenters. The molecule has 2 aromatic rings. The van der Waals surface area contributed by atoms with Gasteiger partial charge in [-0.15, -0.1) is 0 Å². The Bertz CT molecular complexity index is 815. The third-order valence-corrected chi connectivity index (χ3v) is 4.84. The number of nitrogens with zero attached hydrogens (tertiary/aromatic N) is 5. The lowest BCUT2D eigenvalue weighted by Crippen LogP contribution is -2.33.